The van der Waals surface area contributed by atoms with Crippen LogP contribution >= 0.6 is 0 Å². The largest absolute Gasteiger partial charge is 0.369 e. The standard InChI is InChI=1S/C17H27N3/c1-3-19-8-10-20(11-9-19)17-7-4-15(14(2)12-17)13-18-16-5-6-16/h4,7,12,16,18H,3,5-6,8-11,13H2,1-2H3. The molecule has 2 fully saturated rings. The van der Waals surface area contributed by atoms with Gasteiger partial charge in [-0.25, -0.2) is 0 Å². The van der Waals surface area contributed by atoms with E-state index in [0.717, 1.165) is 25.7 Å². The van der Waals surface area contributed by atoms with Gasteiger partial charge in [-0.1, -0.05) is 13.0 Å². The Morgan fingerprint density at radius 2 is 1.90 bits per heavy atom. The average Bonchev–Trinajstić information content (AvgIpc) is 3.30. The zero-order chi connectivity index (χ0) is 13.9. The van der Waals surface area contributed by atoms with Gasteiger partial charge in [0.2, 0.25) is 0 Å². The lowest BCUT2D eigenvalue weighted by atomic mass is 10.1. The van der Waals surface area contributed by atoms with Gasteiger partial charge in [0.25, 0.3) is 0 Å². The highest BCUT2D eigenvalue weighted by molar-refractivity contribution is 5.51. The summed E-state index contributed by atoms with van der Waals surface area (Å²) < 4.78 is 0. The minimum absolute atomic E-state index is 0.788. The van der Waals surface area contributed by atoms with Crippen LogP contribution in [0, 0.1) is 6.92 Å². The van der Waals surface area contributed by atoms with Crippen LogP contribution in [0.15, 0.2) is 18.2 Å². The van der Waals surface area contributed by atoms with Gasteiger partial charge in [-0.05, 0) is 49.6 Å². The van der Waals surface area contributed by atoms with Crippen LogP contribution in [0.4, 0.5) is 5.69 Å². The van der Waals surface area contributed by atoms with Crippen LogP contribution in [-0.4, -0.2) is 43.7 Å². The number of nitrogens with zero attached hydrogens (tertiary/aromatic N) is 2. The number of anilines is 1. The monoisotopic (exact) mass is 273 g/mol. The fourth-order valence-electron chi connectivity index (χ4n) is 2.94. The topological polar surface area (TPSA) is 18.5 Å². The molecule has 0 unspecified atom stereocenters. The summed E-state index contributed by atoms with van der Waals surface area (Å²) in [5.41, 5.74) is 4.27. The zero-order valence-electron chi connectivity index (χ0n) is 12.9. The second-order valence-electron chi connectivity index (χ2n) is 6.19. The maximum absolute atomic E-state index is 3.61. The smallest absolute Gasteiger partial charge is 0.0369 e. The normalized spacial score (nSPS) is 20.4. The highest BCUT2D eigenvalue weighted by Crippen LogP contribution is 2.23. The molecule has 3 nitrogen and oxygen atoms in total. The van der Waals surface area contributed by atoms with Crippen molar-refractivity contribution < 1.29 is 0 Å². The van der Waals surface area contributed by atoms with Crippen molar-refractivity contribution in [2.45, 2.75) is 39.3 Å². The molecule has 1 aromatic carbocycles. The molecule has 1 aliphatic carbocycles. The molecule has 0 spiro atoms. The van der Waals surface area contributed by atoms with Crippen LogP contribution in [0.3, 0.4) is 0 Å². The molecule has 0 atom stereocenters. The molecule has 0 radical (unpaired) electrons. The summed E-state index contributed by atoms with van der Waals surface area (Å²) in [6.07, 6.45) is 2.72. The van der Waals surface area contributed by atoms with Gasteiger partial charge < -0.3 is 15.1 Å². The first-order chi connectivity index (χ1) is 9.76. The third-order valence-corrected chi connectivity index (χ3v) is 4.67. The summed E-state index contributed by atoms with van der Waals surface area (Å²) >= 11 is 0. The fraction of sp³-hybridized carbons (Fsp3) is 0.647. The third kappa shape index (κ3) is 3.33. The molecule has 1 aromatic rings. The summed E-state index contributed by atoms with van der Waals surface area (Å²) in [5, 5.41) is 3.61. The third-order valence-electron chi connectivity index (χ3n) is 4.67. The first-order valence-electron chi connectivity index (χ1n) is 8.06. The zero-order valence-corrected chi connectivity index (χ0v) is 12.9. The molecule has 1 saturated carbocycles. The molecule has 1 aliphatic heterocycles. The lowest BCUT2D eigenvalue weighted by Gasteiger charge is -2.35. The van der Waals surface area contributed by atoms with Crippen molar-refractivity contribution in [1.82, 2.24) is 10.2 Å². The predicted octanol–water partition coefficient (Wildman–Crippen LogP) is 2.39. The van der Waals surface area contributed by atoms with Crippen LogP contribution in [0.2, 0.25) is 0 Å². The Labute approximate surface area is 123 Å². The van der Waals surface area contributed by atoms with E-state index < -0.39 is 0 Å². The molecular formula is C17H27N3. The number of benzene rings is 1. The highest BCUT2D eigenvalue weighted by Gasteiger charge is 2.20. The summed E-state index contributed by atoms with van der Waals surface area (Å²) in [7, 11) is 0. The number of piperazine rings is 1. The van der Waals surface area contributed by atoms with Crippen LogP contribution in [0.25, 0.3) is 0 Å². The van der Waals surface area contributed by atoms with E-state index >= 15 is 0 Å². The van der Waals surface area contributed by atoms with Crippen LogP contribution in [0.5, 0.6) is 0 Å². The Hall–Kier alpha value is -1.06. The van der Waals surface area contributed by atoms with E-state index in [4.69, 9.17) is 0 Å². The minimum atomic E-state index is 0.788. The van der Waals surface area contributed by atoms with Gasteiger partial charge in [-0.15, -0.1) is 0 Å². The van der Waals surface area contributed by atoms with Gasteiger partial charge in [0, 0.05) is 44.5 Å². The Bertz CT molecular complexity index is 446. The molecule has 1 N–H and O–H groups in total. The molecule has 3 rings (SSSR count). The van der Waals surface area contributed by atoms with Gasteiger partial charge in [0.15, 0.2) is 0 Å². The second kappa shape index (κ2) is 6.15. The maximum Gasteiger partial charge on any atom is 0.0369 e. The molecule has 110 valence electrons. The first kappa shape index (κ1) is 13.9. The highest BCUT2D eigenvalue weighted by atomic mass is 15.3. The van der Waals surface area contributed by atoms with Crippen LogP contribution in [-0.2, 0) is 6.54 Å². The van der Waals surface area contributed by atoms with Crippen molar-refractivity contribution in [3.05, 3.63) is 29.3 Å². The molecule has 0 aromatic heterocycles. The van der Waals surface area contributed by atoms with Gasteiger partial charge in [-0.3, -0.25) is 0 Å². The van der Waals surface area contributed by atoms with Crippen LogP contribution < -0.4 is 10.2 Å². The second-order valence-corrected chi connectivity index (χ2v) is 6.19. The Balaban J connectivity index is 1.60. The van der Waals surface area contributed by atoms with E-state index in [1.54, 1.807) is 0 Å². The van der Waals surface area contributed by atoms with E-state index in [-0.39, 0.29) is 0 Å². The SMILES string of the molecule is CCN1CCN(c2ccc(CNC3CC3)c(C)c2)CC1. The molecule has 0 amide bonds. The summed E-state index contributed by atoms with van der Waals surface area (Å²) in [6.45, 7) is 11.4. The van der Waals surface area contributed by atoms with Crippen molar-refractivity contribution in [3.63, 3.8) is 0 Å². The maximum atomic E-state index is 3.61. The van der Waals surface area contributed by atoms with Crippen LogP contribution in [0.1, 0.15) is 30.9 Å². The van der Waals surface area contributed by atoms with Gasteiger partial charge >= 0.3 is 0 Å². The minimum Gasteiger partial charge on any atom is -0.369 e. The van der Waals surface area contributed by atoms with Crippen molar-refractivity contribution in [2.24, 2.45) is 0 Å². The van der Waals surface area contributed by atoms with Crippen molar-refractivity contribution >= 4 is 5.69 Å². The number of rotatable bonds is 5. The molecule has 20 heavy (non-hydrogen) atoms. The summed E-state index contributed by atoms with van der Waals surface area (Å²) in [6, 6.07) is 7.77. The Morgan fingerprint density at radius 3 is 2.50 bits per heavy atom. The quantitative estimate of drug-likeness (QED) is 0.888. The van der Waals surface area contributed by atoms with Crippen molar-refractivity contribution in [1.29, 1.82) is 0 Å². The molecular weight excluding hydrogens is 246 g/mol. The molecule has 3 heteroatoms. The molecule has 1 heterocycles. The Kier molecular flexibility index (Phi) is 4.27. The number of hydrogen-bond acceptors (Lipinski definition) is 3. The lowest BCUT2D eigenvalue weighted by Crippen LogP contribution is -2.46. The number of nitrogens with one attached hydrogen (secondary N) is 1. The van der Waals surface area contributed by atoms with Crippen molar-refractivity contribution in [2.75, 3.05) is 37.6 Å². The van der Waals surface area contributed by atoms with E-state index in [1.807, 2.05) is 0 Å². The van der Waals surface area contributed by atoms with Gasteiger partial charge in [0.1, 0.15) is 0 Å². The average molecular weight is 273 g/mol. The van der Waals surface area contributed by atoms with E-state index in [2.05, 4.69) is 47.2 Å². The molecule has 0 bridgehead atoms. The lowest BCUT2D eigenvalue weighted by molar-refractivity contribution is 0.271. The summed E-state index contributed by atoms with van der Waals surface area (Å²) in [4.78, 5) is 5.05. The Morgan fingerprint density at radius 1 is 1.15 bits per heavy atom. The van der Waals surface area contributed by atoms with Gasteiger partial charge in [0.05, 0.1) is 0 Å². The fourth-order valence-corrected chi connectivity index (χ4v) is 2.94. The molecule has 2 aliphatic rings. The van der Waals surface area contributed by atoms with E-state index in [1.165, 1.54) is 49.3 Å². The first-order valence-corrected chi connectivity index (χ1v) is 8.06. The molecule has 1 saturated heterocycles. The summed E-state index contributed by atoms with van der Waals surface area (Å²) in [5.74, 6) is 0. The number of hydrogen-bond donors (Lipinski definition) is 1. The van der Waals surface area contributed by atoms with Gasteiger partial charge in [-0.2, -0.15) is 0 Å². The number of likely N-dealkylation sites (N-methyl/N-ethyl adjacent to an activating group) is 1. The van der Waals surface area contributed by atoms with E-state index in [9.17, 15) is 0 Å². The van der Waals surface area contributed by atoms with E-state index in [0.29, 0.717) is 0 Å². The number of aryl methyl sites for hydroxylation is 1. The van der Waals surface area contributed by atoms with Crippen molar-refractivity contribution in [3.8, 4) is 0 Å². The predicted molar refractivity (Wildman–Crippen MR) is 85.4 cm³/mol.